The van der Waals surface area contributed by atoms with E-state index in [4.69, 9.17) is 4.52 Å². The van der Waals surface area contributed by atoms with E-state index in [0.717, 1.165) is 4.68 Å². The fraction of sp³-hybridized carbons (Fsp3) is 0.200. The third-order valence-electron chi connectivity index (χ3n) is 4.62. The number of pyridine rings is 1. The Hall–Kier alpha value is -3.74. The van der Waals surface area contributed by atoms with Crippen molar-refractivity contribution in [1.29, 1.82) is 0 Å². The van der Waals surface area contributed by atoms with Gasteiger partial charge in [-0.3, -0.25) is 4.98 Å². The molecule has 0 fully saturated rings. The van der Waals surface area contributed by atoms with Crippen molar-refractivity contribution in [2.45, 2.75) is 25.5 Å². The lowest BCUT2D eigenvalue weighted by molar-refractivity contribution is -0.143. The van der Waals surface area contributed by atoms with Gasteiger partial charge in [-0.1, -0.05) is 10.4 Å². The second kappa shape index (κ2) is 8.31. The molecule has 4 rings (SSSR count). The average Bonchev–Trinajstić information content (AvgIpc) is 3.40. The second-order valence-corrected chi connectivity index (χ2v) is 6.93. The number of benzene rings is 1. The molecule has 0 unspecified atom stereocenters. The number of halogens is 6. The van der Waals surface area contributed by atoms with Crippen LogP contribution < -0.4 is 0 Å². The highest BCUT2D eigenvalue weighted by atomic mass is 19.4. The van der Waals surface area contributed by atoms with Gasteiger partial charge >= 0.3 is 12.4 Å². The monoisotopic (exact) mass is 469 g/mol. The van der Waals surface area contributed by atoms with Crippen molar-refractivity contribution < 1.29 is 36.0 Å². The van der Waals surface area contributed by atoms with Gasteiger partial charge in [0.25, 0.3) is 0 Å². The predicted molar refractivity (Wildman–Crippen MR) is 100 cm³/mol. The number of aliphatic hydroxyl groups excluding tert-OH is 1. The van der Waals surface area contributed by atoms with E-state index < -0.39 is 36.6 Å². The zero-order valence-corrected chi connectivity index (χ0v) is 16.4. The van der Waals surface area contributed by atoms with Crippen molar-refractivity contribution in [3.8, 4) is 22.7 Å². The highest BCUT2D eigenvalue weighted by Crippen LogP contribution is 2.37. The van der Waals surface area contributed by atoms with Crippen LogP contribution in [-0.2, 0) is 25.5 Å². The summed E-state index contributed by atoms with van der Waals surface area (Å²) in [6.07, 6.45) is -7.06. The molecular weight excluding hydrogens is 456 g/mol. The van der Waals surface area contributed by atoms with Crippen molar-refractivity contribution in [2.24, 2.45) is 0 Å². The van der Waals surface area contributed by atoms with Crippen molar-refractivity contribution >= 4 is 0 Å². The van der Waals surface area contributed by atoms with Gasteiger partial charge in [-0.15, -0.1) is 5.10 Å². The van der Waals surface area contributed by atoms with Gasteiger partial charge in [-0.2, -0.15) is 26.3 Å². The zero-order valence-electron chi connectivity index (χ0n) is 16.4. The number of aromatic nitrogens is 5. The Balaban J connectivity index is 1.84. The molecular formula is C20H13F6N5O2. The second-order valence-electron chi connectivity index (χ2n) is 6.93. The Morgan fingerprint density at radius 1 is 0.909 bits per heavy atom. The Bertz CT molecular complexity index is 1230. The molecule has 3 aromatic heterocycles. The first-order chi connectivity index (χ1) is 15.6. The quantitative estimate of drug-likeness (QED) is 0.431. The van der Waals surface area contributed by atoms with E-state index in [1.165, 1.54) is 18.5 Å². The topological polar surface area (TPSA) is 89.9 Å². The minimum Gasteiger partial charge on any atom is -0.390 e. The lowest BCUT2D eigenvalue weighted by Gasteiger charge is -2.15. The maximum Gasteiger partial charge on any atom is 0.416 e. The summed E-state index contributed by atoms with van der Waals surface area (Å²) in [6.45, 7) is -0.856. The maximum atomic E-state index is 13.2. The van der Waals surface area contributed by atoms with E-state index in [-0.39, 0.29) is 34.5 Å². The van der Waals surface area contributed by atoms with Gasteiger partial charge in [0.1, 0.15) is 11.4 Å². The summed E-state index contributed by atoms with van der Waals surface area (Å²) in [5.74, 6) is 0.108. The largest absolute Gasteiger partial charge is 0.416 e. The van der Waals surface area contributed by atoms with Crippen LogP contribution in [0, 0.1) is 0 Å². The summed E-state index contributed by atoms with van der Waals surface area (Å²) in [5, 5.41) is 20.8. The van der Waals surface area contributed by atoms with Gasteiger partial charge in [0.15, 0.2) is 11.5 Å². The minimum absolute atomic E-state index is 0.0605. The van der Waals surface area contributed by atoms with Gasteiger partial charge in [-0.05, 0) is 35.9 Å². The number of aliphatic hydroxyl groups is 1. The van der Waals surface area contributed by atoms with Crippen molar-refractivity contribution in [2.75, 3.05) is 0 Å². The number of hydrogen-bond donors (Lipinski definition) is 1. The molecule has 0 spiro atoms. The number of rotatable bonds is 5. The van der Waals surface area contributed by atoms with Gasteiger partial charge in [0.05, 0.1) is 24.3 Å². The number of hydrogen-bond acceptors (Lipinski definition) is 6. The average molecular weight is 469 g/mol. The van der Waals surface area contributed by atoms with Crippen LogP contribution in [0.1, 0.15) is 22.4 Å². The standard InChI is InChI=1S/C20H13F6N5O2/c21-19(22,23)13-5-11(6-14(7-13)20(24,25)26)9-31-18(12-1-3-27-4-2-12)17(28-30-31)16-8-15(10-32)29-33-16/h1-8,32H,9-10H2. The first-order valence-corrected chi connectivity index (χ1v) is 9.25. The molecule has 1 N–H and O–H groups in total. The Morgan fingerprint density at radius 3 is 2.09 bits per heavy atom. The van der Waals surface area contributed by atoms with Crippen LogP contribution in [0.3, 0.4) is 0 Å². The van der Waals surface area contributed by atoms with Gasteiger partial charge in [-0.25, -0.2) is 4.68 Å². The van der Waals surface area contributed by atoms with Gasteiger partial charge in [0.2, 0.25) is 0 Å². The van der Waals surface area contributed by atoms with E-state index >= 15 is 0 Å². The Labute approximate surface area is 181 Å². The van der Waals surface area contributed by atoms with E-state index in [1.54, 1.807) is 12.1 Å². The molecule has 0 aliphatic rings. The lowest BCUT2D eigenvalue weighted by Crippen LogP contribution is -2.13. The van der Waals surface area contributed by atoms with Crippen LogP contribution >= 0.6 is 0 Å². The first kappa shape index (κ1) is 22.5. The number of alkyl halides is 6. The van der Waals surface area contributed by atoms with Gasteiger partial charge in [0, 0.05) is 24.0 Å². The molecule has 0 atom stereocenters. The molecule has 0 saturated heterocycles. The van der Waals surface area contributed by atoms with Crippen molar-refractivity contribution in [3.63, 3.8) is 0 Å². The molecule has 0 radical (unpaired) electrons. The number of nitrogens with zero attached hydrogens (tertiary/aromatic N) is 5. The van der Waals surface area contributed by atoms with Crippen molar-refractivity contribution in [1.82, 2.24) is 25.1 Å². The van der Waals surface area contributed by atoms with Crippen LogP contribution in [0.25, 0.3) is 22.7 Å². The van der Waals surface area contributed by atoms with Crippen LogP contribution in [0.15, 0.2) is 53.3 Å². The summed E-state index contributed by atoms with van der Waals surface area (Å²) in [5.41, 5.74) is -2.07. The van der Waals surface area contributed by atoms with Crippen LogP contribution in [0.5, 0.6) is 0 Å². The molecule has 0 amide bonds. The summed E-state index contributed by atoms with van der Waals surface area (Å²) < 4.78 is 85.7. The predicted octanol–water partition coefficient (Wildman–Crippen LogP) is 4.57. The molecule has 0 aliphatic heterocycles. The molecule has 1 aromatic carbocycles. The molecule has 13 heteroatoms. The fourth-order valence-corrected chi connectivity index (χ4v) is 3.17. The van der Waals surface area contributed by atoms with E-state index in [9.17, 15) is 31.4 Å². The molecule has 4 aromatic rings. The summed E-state index contributed by atoms with van der Waals surface area (Å²) in [7, 11) is 0. The van der Waals surface area contributed by atoms with E-state index in [2.05, 4.69) is 20.5 Å². The van der Waals surface area contributed by atoms with Crippen molar-refractivity contribution in [3.05, 3.63) is 71.2 Å². The Morgan fingerprint density at radius 2 is 1.55 bits per heavy atom. The summed E-state index contributed by atoms with van der Waals surface area (Å²) in [4.78, 5) is 3.90. The third-order valence-corrected chi connectivity index (χ3v) is 4.62. The third kappa shape index (κ3) is 4.72. The highest BCUT2D eigenvalue weighted by Gasteiger charge is 2.37. The van der Waals surface area contributed by atoms with Crippen LogP contribution in [0.2, 0.25) is 0 Å². The summed E-state index contributed by atoms with van der Waals surface area (Å²) in [6, 6.07) is 5.84. The molecule has 0 bridgehead atoms. The molecule has 33 heavy (non-hydrogen) atoms. The molecule has 0 aliphatic carbocycles. The zero-order chi connectivity index (χ0) is 23.8. The Kier molecular flexibility index (Phi) is 5.66. The SMILES string of the molecule is OCc1cc(-c2nnn(Cc3cc(C(F)(F)F)cc(C(F)(F)F)c3)c2-c2ccncc2)on1. The highest BCUT2D eigenvalue weighted by molar-refractivity contribution is 5.75. The maximum absolute atomic E-state index is 13.2. The first-order valence-electron chi connectivity index (χ1n) is 9.25. The normalized spacial score (nSPS) is 12.3. The molecule has 3 heterocycles. The minimum atomic E-state index is -4.97. The fourth-order valence-electron chi connectivity index (χ4n) is 3.17. The lowest BCUT2D eigenvalue weighted by atomic mass is 10.0. The van der Waals surface area contributed by atoms with Crippen LogP contribution in [-0.4, -0.2) is 30.2 Å². The van der Waals surface area contributed by atoms with E-state index in [1.807, 2.05) is 0 Å². The smallest absolute Gasteiger partial charge is 0.390 e. The molecule has 0 saturated carbocycles. The van der Waals surface area contributed by atoms with E-state index in [0.29, 0.717) is 17.7 Å². The summed E-state index contributed by atoms with van der Waals surface area (Å²) >= 11 is 0. The van der Waals surface area contributed by atoms with Gasteiger partial charge < -0.3 is 9.63 Å². The van der Waals surface area contributed by atoms with Crippen LogP contribution in [0.4, 0.5) is 26.3 Å². The molecule has 172 valence electrons. The molecule has 7 nitrogen and oxygen atoms in total.